The predicted octanol–water partition coefficient (Wildman–Crippen LogP) is 0.533. The Morgan fingerprint density at radius 3 is 2.12 bits per heavy atom. The van der Waals surface area contributed by atoms with E-state index < -0.39 is 0 Å². The molecule has 1 aromatic rings. The van der Waals surface area contributed by atoms with Crippen molar-refractivity contribution >= 4 is 17.5 Å². The number of methoxy groups -OCH3 is 1. The number of carbonyl (C=O) groups is 2. The van der Waals surface area contributed by atoms with E-state index in [4.69, 9.17) is 4.74 Å². The maximum absolute atomic E-state index is 12.6. The van der Waals surface area contributed by atoms with Crippen molar-refractivity contribution in [3.8, 4) is 5.75 Å². The van der Waals surface area contributed by atoms with Gasteiger partial charge in [0.15, 0.2) is 6.67 Å². The minimum atomic E-state index is -0.0313. The van der Waals surface area contributed by atoms with Gasteiger partial charge in [-0.1, -0.05) is 12.8 Å². The number of hydrogen-bond acceptors (Lipinski definition) is 4. The van der Waals surface area contributed by atoms with Gasteiger partial charge in [0, 0.05) is 5.69 Å². The molecule has 2 amide bonds. The van der Waals surface area contributed by atoms with Crippen molar-refractivity contribution in [3.63, 3.8) is 0 Å². The van der Waals surface area contributed by atoms with E-state index in [1.807, 2.05) is 12.1 Å². The van der Waals surface area contributed by atoms with E-state index >= 15 is 0 Å². The summed E-state index contributed by atoms with van der Waals surface area (Å²) in [6.07, 6.45) is 3.96. The van der Waals surface area contributed by atoms with Crippen LogP contribution in [0.15, 0.2) is 24.3 Å². The van der Waals surface area contributed by atoms with E-state index in [0.717, 1.165) is 57.6 Å². The first-order valence-corrected chi connectivity index (χ1v) is 9.75. The number of benzene rings is 1. The number of hydrogen-bond donors (Lipinski definition) is 1. The molecule has 1 N–H and O–H groups in total. The van der Waals surface area contributed by atoms with Crippen LogP contribution >= 0.6 is 0 Å². The molecule has 1 saturated carbocycles. The van der Waals surface area contributed by atoms with Crippen LogP contribution in [0, 0.1) is 11.8 Å². The van der Waals surface area contributed by atoms with E-state index in [9.17, 15) is 9.59 Å². The van der Waals surface area contributed by atoms with Crippen molar-refractivity contribution in [2.24, 2.45) is 11.8 Å². The third kappa shape index (κ3) is 3.18. The fourth-order valence-electron chi connectivity index (χ4n) is 4.64. The van der Waals surface area contributed by atoms with Gasteiger partial charge < -0.3 is 14.5 Å². The second kappa shape index (κ2) is 7.27. The van der Waals surface area contributed by atoms with Crippen LogP contribution in [0.4, 0.5) is 5.69 Å². The number of anilines is 1. The monoisotopic (exact) mass is 358 g/mol. The molecule has 6 heteroatoms. The number of rotatable bonds is 4. The number of nitrogens with zero attached hydrogens (tertiary/aromatic N) is 2. The Kier molecular flexibility index (Phi) is 4.85. The minimum absolute atomic E-state index is 0.0313. The van der Waals surface area contributed by atoms with Crippen molar-refractivity contribution in [3.05, 3.63) is 24.3 Å². The first kappa shape index (κ1) is 17.3. The van der Waals surface area contributed by atoms with E-state index in [1.54, 1.807) is 12.0 Å². The number of imide groups is 1. The molecule has 0 bridgehead atoms. The minimum Gasteiger partial charge on any atom is -0.497 e. The molecule has 1 aromatic carbocycles. The lowest BCUT2D eigenvalue weighted by Crippen LogP contribution is -3.16. The van der Waals surface area contributed by atoms with Gasteiger partial charge in [-0.05, 0) is 37.1 Å². The SMILES string of the molecule is COc1ccc(N2CC[NH+](CN3C(=O)[C@@H]4CCCC[C@H]4C3=O)CC2)cc1. The molecule has 26 heavy (non-hydrogen) atoms. The molecule has 0 unspecified atom stereocenters. The highest BCUT2D eigenvalue weighted by atomic mass is 16.5. The largest absolute Gasteiger partial charge is 0.497 e. The molecule has 1 aliphatic carbocycles. The summed E-state index contributed by atoms with van der Waals surface area (Å²) in [5.74, 6) is 0.979. The number of nitrogens with one attached hydrogen (secondary N) is 1. The average Bonchev–Trinajstić information content (AvgIpc) is 2.94. The van der Waals surface area contributed by atoms with Gasteiger partial charge in [0.1, 0.15) is 5.75 Å². The van der Waals surface area contributed by atoms with Crippen molar-refractivity contribution in [2.45, 2.75) is 25.7 Å². The zero-order valence-corrected chi connectivity index (χ0v) is 15.4. The Bertz CT molecular complexity index is 643. The van der Waals surface area contributed by atoms with Crippen LogP contribution in [0.5, 0.6) is 5.75 Å². The van der Waals surface area contributed by atoms with Gasteiger partial charge in [-0.15, -0.1) is 0 Å². The number of quaternary nitrogens is 1. The molecule has 2 atom stereocenters. The highest BCUT2D eigenvalue weighted by molar-refractivity contribution is 6.05. The Morgan fingerprint density at radius 2 is 1.58 bits per heavy atom. The topological polar surface area (TPSA) is 54.3 Å². The second-order valence-electron chi connectivity index (χ2n) is 7.70. The van der Waals surface area contributed by atoms with Gasteiger partial charge in [0.05, 0.1) is 45.1 Å². The predicted molar refractivity (Wildman–Crippen MR) is 98.1 cm³/mol. The van der Waals surface area contributed by atoms with Crippen molar-refractivity contribution in [1.29, 1.82) is 0 Å². The smallest absolute Gasteiger partial charge is 0.237 e. The molecule has 4 rings (SSSR count). The maximum atomic E-state index is 12.6. The highest BCUT2D eigenvalue weighted by Gasteiger charge is 2.49. The first-order chi connectivity index (χ1) is 12.7. The third-order valence-corrected chi connectivity index (χ3v) is 6.22. The molecule has 6 nitrogen and oxygen atoms in total. The van der Waals surface area contributed by atoms with E-state index in [0.29, 0.717) is 6.67 Å². The normalized spacial score (nSPS) is 27.0. The van der Waals surface area contributed by atoms with Crippen LogP contribution in [0.25, 0.3) is 0 Å². The number of carbonyl (C=O) groups excluding carboxylic acids is 2. The standard InChI is InChI=1S/C20H27N3O3/c1-26-16-8-6-15(7-9-16)22-12-10-21(11-13-22)14-23-19(24)17-4-2-3-5-18(17)20(23)25/h6-9,17-18H,2-5,10-14H2,1H3/p+1/t17-,18-/m1/s1. The van der Waals surface area contributed by atoms with Crippen LogP contribution in [-0.4, -0.2) is 56.7 Å². The molecular weight excluding hydrogens is 330 g/mol. The number of amides is 2. The van der Waals surface area contributed by atoms with Gasteiger partial charge in [-0.2, -0.15) is 0 Å². The highest BCUT2D eigenvalue weighted by Crippen LogP contribution is 2.37. The molecule has 3 aliphatic rings. The van der Waals surface area contributed by atoms with Gasteiger partial charge in [0.2, 0.25) is 11.8 Å². The van der Waals surface area contributed by atoms with Crippen LogP contribution in [0.1, 0.15) is 25.7 Å². The quantitative estimate of drug-likeness (QED) is 0.798. The van der Waals surface area contributed by atoms with Crippen LogP contribution in [-0.2, 0) is 9.59 Å². The number of fused-ring (bicyclic) bond motifs is 1. The summed E-state index contributed by atoms with van der Waals surface area (Å²) >= 11 is 0. The lowest BCUT2D eigenvalue weighted by Gasteiger charge is -2.35. The fourth-order valence-corrected chi connectivity index (χ4v) is 4.64. The molecule has 2 heterocycles. The summed E-state index contributed by atoms with van der Waals surface area (Å²) < 4.78 is 5.22. The summed E-state index contributed by atoms with van der Waals surface area (Å²) in [4.78, 5) is 30.5. The summed E-state index contributed by atoms with van der Waals surface area (Å²) in [7, 11) is 1.67. The van der Waals surface area contributed by atoms with Crippen molar-refractivity contribution < 1.29 is 19.2 Å². The van der Waals surface area contributed by atoms with Crippen LogP contribution < -0.4 is 14.5 Å². The second-order valence-corrected chi connectivity index (χ2v) is 7.70. The fraction of sp³-hybridized carbons (Fsp3) is 0.600. The molecule has 3 fully saturated rings. The average molecular weight is 358 g/mol. The van der Waals surface area contributed by atoms with Gasteiger partial charge in [-0.25, -0.2) is 4.90 Å². The van der Waals surface area contributed by atoms with Crippen molar-refractivity contribution in [2.75, 3.05) is 44.9 Å². The maximum Gasteiger partial charge on any atom is 0.237 e. The van der Waals surface area contributed by atoms with Crippen LogP contribution in [0.2, 0.25) is 0 Å². The molecule has 0 aromatic heterocycles. The summed E-state index contributed by atoms with van der Waals surface area (Å²) in [6, 6.07) is 8.14. The van der Waals surface area contributed by atoms with Gasteiger partial charge >= 0.3 is 0 Å². The Balaban J connectivity index is 1.33. The summed E-state index contributed by atoms with van der Waals surface area (Å²) in [5, 5.41) is 0. The number of likely N-dealkylation sites (tertiary alicyclic amines) is 1. The zero-order chi connectivity index (χ0) is 18.1. The van der Waals surface area contributed by atoms with E-state index in [1.165, 1.54) is 10.6 Å². The molecule has 140 valence electrons. The molecule has 0 radical (unpaired) electrons. The Hall–Kier alpha value is -2.08. The number of ether oxygens (including phenoxy) is 1. The van der Waals surface area contributed by atoms with E-state index in [2.05, 4.69) is 17.0 Å². The molecule has 2 aliphatic heterocycles. The first-order valence-electron chi connectivity index (χ1n) is 9.75. The summed E-state index contributed by atoms with van der Waals surface area (Å²) in [5.41, 5.74) is 1.20. The van der Waals surface area contributed by atoms with Crippen molar-refractivity contribution in [1.82, 2.24) is 4.90 Å². The molecule has 2 saturated heterocycles. The van der Waals surface area contributed by atoms with Gasteiger partial charge in [0.25, 0.3) is 0 Å². The zero-order valence-electron chi connectivity index (χ0n) is 15.4. The van der Waals surface area contributed by atoms with Crippen LogP contribution in [0.3, 0.4) is 0 Å². The Labute approximate surface area is 154 Å². The Morgan fingerprint density at radius 1 is 1.00 bits per heavy atom. The lowest BCUT2D eigenvalue weighted by molar-refractivity contribution is -0.908. The lowest BCUT2D eigenvalue weighted by atomic mass is 9.81. The third-order valence-electron chi connectivity index (χ3n) is 6.22. The van der Waals surface area contributed by atoms with E-state index in [-0.39, 0.29) is 23.7 Å². The number of piperazine rings is 1. The summed E-state index contributed by atoms with van der Waals surface area (Å²) in [6.45, 7) is 4.30. The molecule has 0 spiro atoms. The van der Waals surface area contributed by atoms with Gasteiger partial charge in [-0.3, -0.25) is 9.59 Å². The molecular formula is C20H28N3O3+.